The Morgan fingerprint density at radius 2 is 2.04 bits per heavy atom. The van der Waals surface area contributed by atoms with Crippen LogP contribution in [0, 0.1) is 5.82 Å². The second-order valence-electron chi connectivity index (χ2n) is 5.24. The Hall–Kier alpha value is -2.12. The first-order valence-corrected chi connectivity index (χ1v) is 8.54. The molecule has 1 atom stereocenters. The molecule has 0 radical (unpaired) electrons. The smallest absolute Gasteiger partial charge is 0.243 e. The molecular formula is C16H16FNO4S. The van der Waals surface area contributed by atoms with Crippen molar-refractivity contribution in [1.82, 2.24) is 4.72 Å². The molecule has 0 amide bonds. The van der Waals surface area contributed by atoms with E-state index in [1.807, 2.05) is 0 Å². The molecule has 23 heavy (non-hydrogen) atoms. The number of ether oxygens (including phenoxy) is 2. The Labute approximate surface area is 134 Å². The van der Waals surface area contributed by atoms with Crippen LogP contribution >= 0.6 is 0 Å². The van der Waals surface area contributed by atoms with Crippen molar-refractivity contribution in [2.24, 2.45) is 0 Å². The van der Waals surface area contributed by atoms with E-state index in [0.29, 0.717) is 17.9 Å². The van der Waals surface area contributed by atoms with Gasteiger partial charge in [-0.2, -0.15) is 0 Å². The maximum absolute atomic E-state index is 13.7. The molecule has 0 saturated heterocycles. The lowest BCUT2D eigenvalue weighted by Gasteiger charge is -2.26. The highest BCUT2D eigenvalue weighted by Crippen LogP contribution is 2.29. The van der Waals surface area contributed by atoms with Crippen molar-refractivity contribution < 1.29 is 22.3 Å². The van der Waals surface area contributed by atoms with Crippen LogP contribution < -0.4 is 14.2 Å². The molecule has 1 N–H and O–H groups in total. The van der Waals surface area contributed by atoms with Crippen LogP contribution in [0.2, 0.25) is 0 Å². The largest absolute Gasteiger partial charge is 0.497 e. The first kappa shape index (κ1) is 15.8. The van der Waals surface area contributed by atoms with Crippen molar-refractivity contribution in [2.45, 2.75) is 17.4 Å². The van der Waals surface area contributed by atoms with Gasteiger partial charge in [-0.3, -0.25) is 0 Å². The molecule has 5 nitrogen and oxygen atoms in total. The summed E-state index contributed by atoms with van der Waals surface area (Å²) in [5.41, 5.74) is 0.844. The van der Waals surface area contributed by atoms with Gasteiger partial charge in [0.15, 0.2) is 0 Å². The van der Waals surface area contributed by atoms with Crippen molar-refractivity contribution in [1.29, 1.82) is 0 Å². The molecule has 2 aromatic carbocycles. The first-order chi connectivity index (χ1) is 11.0. The summed E-state index contributed by atoms with van der Waals surface area (Å²) in [7, 11) is -2.39. The lowest BCUT2D eigenvalue weighted by atomic mass is 10.0. The third-order valence-corrected chi connectivity index (χ3v) is 5.18. The fraction of sp³-hybridized carbons (Fsp3) is 0.250. The zero-order chi connectivity index (χ0) is 16.4. The number of fused-ring (bicyclic) bond motifs is 1. The summed E-state index contributed by atoms with van der Waals surface area (Å²) in [6.07, 6.45) is 0.445. The zero-order valence-electron chi connectivity index (χ0n) is 12.5. The van der Waals surface area contributed by atoms with Gasteiger partial charge in [-0.15, -0.1) is 0 Å². The number of hydrogen-bond donors (Lipinski definition) is 1. The Morgan fingerprint density at radius 1 is 1.26 bits per heavy atom. The predicted molar refractivity (Wildman–Crippen MR) is 82.7 cm³/mol. The number of nitrogens with one attached hydrogen (secondary N) is 1. The second-order valence-corrected chi connectivity index (χ2v) is 6.92. The monoisotopic (exact) mass is 337 g/mol. The number of halogens is 1. The topological polar surface area (TPSA) is 64.6 Å². The average Bonchev–Trinajstić information content (AvgIpc) is 2.54. The van der Waals surface area contributed by atoms with Gasteiger partial charge < -0.3 is 9.47 Å². The highest BCUT2D eigenvalue weighted by atomic mass is 32.2. The van der Waals surface area contributed by atoms with Gasteiger partial charge in [0, 0.05) is 0 Å². The van der Waals surface area contributed by atoms with E-state index >= 15 is 0 Å². The minimum atomic E-state index is -3.95. The van der Waals surface area contributed by atoms with Crippen molar-refractivity contribution in [3.8, 4) is 11.5 Å². The molecular weight excluding hydrogens is 321 g/mol. The summed E-state index contributed by atoms with van der Waals surface area (Å²) in [4.78, 5) is -0.364. The number of methoxy groups -OCH3 is 1. The van der Waals surface area contributed by atoms with Crippen LogP contribution in [0.15, 0.2) is 47.4 Å². The lowest BCUT2D eigenvalue weighted by Crippen LogP contribution is -2.42. The number of hydrogen-bond acceptors (Lipinski definition) is 4. The van der Waals surface area contributed by atoms with Crippen LogP contribution in [0.4, 0.5) is 4.39 Å². The number of sulfonamides is 1. The Balaban J connectivity index is 1.80. The Bertz CT molecular complexity index is 823. The molecule has 1 aliphatic rings. The molecule has 0 fully saturated rings. The molecule has 1 heterocycles. The normalized spacial score (nSPS) is 17.2. The van der Waals surface area contributed by atoms with E-state index in [-0.39, 0.29) is 11.5 Å². The molecule has 0 saturated carbocycles. The quantitative estimate of drug-likeness (QED) is 0.928. The molecule has 0 unspecified atom stereocenters. The number of benzene rings is 2. The van der Waals surface area contributed by atoms with E-state index < -0.39 is 21.9 Å². The maximum Gasteiger partial charge on any atom is 0.243 e. The molecule has 122 valence electrons. The second kappa shape index (κ2) is 6.17. The van der Waals surface area contributed by atoms with Crippen LogP contribution in [-0.2, 0) is 16.4 Å². The third-order valence-electron chi connectivity index (χ3n) is 3.62. The predicted octanol–water partition coefficient (Wildman–Crippen LogP) is 2.12. The van der Waals surface area contributed by atoms with E-state index in [1.54, 1.807) is 25.3 Å². The molecule has 1 aliphatic heterocycles. The SMILES string of the molecule is COc1ccc2c(c1)C[C@@H](NS(=O)(=O)c1ccccc1F)CO2. The molecule has 7 heteroatoms. The van der Waals surface area contributed by atoms with Gasteiger partial charge in [0.05, 0.1) is 13.2 Å². The van der Waals surface area contributed by atoms with E-state index in [2.05, 4.69) is 4.72 Å². The Morgan fingerprint density at radius 3 is 2.78 bits per heavy atom. The molecule has 0 aromatic heterocycles. The van der Waals surface area contributed by atoms with E-state index in [4.69, 9.17) is 9.47 Å². The summed E-state index contributed by atoms with van der Waals surface area (Å²) in [6.45, 7) is 0.188. The minimum absolute atomic E-state index is 0.188. The summed E-state index contributed by atoms with van der Waals surface area (Å²) in [5.74, 6) is 0.593. The third kappa shape index (κ3) is 3.30. The van der Waals surface area contributed by atoms with Crippen LogP contribution in [0.5, 0.6) is 11.5 Å². The Kier molecular flexibility index (Phi) is 4.23. The number of rotatable bonds is 4. The lowest BCUT2D eigenvalue weighted by molar-refractivity contribution is 0.253. The van der Waals surface area contributed by atoms with E-state index in [0.717, 1.165) is 11.6 Å². The van der Waals surface area contributed by atoms with Gasteiger partial charge in [0.2, 0.25) is 10.0 Å². The first-order valence-electron chi connectivity index (χ1n) is 7.06. The van der Waals surface area contributed by atoms with Crippen LogP contribution in [0.1, 0.15) is 5.56 Å². The maximum atomic E-state index is 13.7. The summed E-state index contributed by atoms with van der Waals surface area (Å²) in [5, 5.41) is 0. The standard InChI is InChI=1S/C16H16FNO4S/c1-21-13-6-7-15-11(9-13)8-12(10-22-15)18-23(19,20)16-5-3-2-4-14(16)17/h2-7,9,12,18H,8,10H2,1H3/t12-/m1/s1. The highest BCUT2D eigenvalue weighted by Gasteiger charge is 2.27. The van der Waals surface area contributed by atoms with Gasteiger partial charge >= 0.3 is 0 Å². The molecule has 3 rings (SSSR count). The van der Waals surface area contributed by atoms with Gasteiger partial charge in [-0.05, 0) is 42.3 Å². The van der Waals surface area contributed by atoms with Crippen molar-refractivity contribution >= 4 is 10.0 Å². The van der Waals surface area contributed by atoms with Crippen molar-refractivity contribution in [3.05, 3.63) is 53.8 Å². The van der Waals surface area contributed by atoms with Gasteiger partial charge in [0.25, 0.3) is 0 Å². The molecule has 0 bridgehead atoms. The summed E-state index contributed by atoms with van der Waals surface area (Å²) >= 11 is 0. The zero-order valence-corrected chi connectivity index (χ0v) is 13.3. The minimum Gasteiger partial charge on any atom is -0.497 e. The van der Waals surface area contributed by atoms with Crippen LogP contribution in [0.25, 0.3) is 0 Å². The average molecular weight is 337 g/mol. The fourth-order valence-corrected chi connectivity index (χ4v) is 3.82. The van der Waals surface area contributed by atoms with Gasteiger partial charge in [0.1, 0.15) is 28.8 Å². The highest BCUT2D eigenvalue weighted by molar-refractivity contribution is 7.89. The van der Waals surface area contributed by atoms with E-state index in [1.165, 1.54) is 18.2 Å². The molecule has 0 spiro atoms. The van der Waals surface area contributed by atoms with Gasteiger partial charge in [-0.1, -0.05) is 12.1 Å². The van der Waals surface area contributed by atoms with E-state index in [9.17, 15) is 12.8 Å². The van der Waals surface area contributed by atoms with Crippen molar-refractivity contribution in [2.75, 3.05) is 13.7 Å². The molecule has 0 aliphatic carbocycles. The van der Waals surface area contributed by atoms with Gasteiger partial charge in [-0.25, -0.2) is 17.5 Å². The fourth-order valence-electron chi connectivity index (χ4n) is 2.52. The summed E-state index contributed by atoms with van der Waals surface area (Å²) in [6, 6.07) is 10.2. The van der Waals surface area contributed by atoms with Crippen LogP contribution in [-0.4, -0.2) is 28.2 Å². The summed E-state index contributed by atoms with van der Waals surface area (Å²) < 4.78 is 51.6. The van der Waals surface area contributed by atoms with Crippen LogP contribution in [0.3, 0.4) is 0 Å². The molecule has 2 aromatic rings. The van der Waals surface area contributed by atoms with Crippen molar-refractivity contribution in [3.63, 3.8) is 0 Å².